The van der Waals surface area contributed by atoms with E-state index in [1.165, 1.54) is 0 Å². The minimum Gasteiger partial charge on any atom is -0.317 e. The molecule has 178 valence electrons. The molecule has 0 unspecified atom stereocenters. The Morgan fingerprint density at radius 1 is 1.00 bits per heavy atom. The fourth-order valence-corrected chi connectivity index (χ4v) is 4.20. The molecule has 0 fully saturated rings. The summed E-state index contributed by atoms with van der Waals surface area (Å²) in [5.74, 6) is 1.24. The summed E-state index contributed by atoms with van der Waals surface area (Å²) in [7, 11) is 0. The van der Waals surface area contributed by atoms with Crippen LogP contribution < -0.4 is 5.69 Å². The second-order valence-electron chi connectivity index (χ2n) is 8.34. The zero-order chi connectivity index (χ0) is 24.2. The lowest BCUT2D eigenvalue weighted by atomic mass is 10.0. The Hall–Kier alpha value is -4.34. The van der Waals surface area contributed by atoms with Gasteiger partial charge < -0.3 is 4.57 Å². The van der Waals surface area contributed by atoms with Crippen molar-refractivity contribution >= 4 is 0 Å². The standard InChI is InChI=1S/C25H27N9O/c1-3-5-9-22-17-34(24-27-12-13-32(24)4-2)25(35)33(22)16-21-15-19(10-11-26-21)18-7-6-8-20(14-18)23-28-30-31-29-23/h6-8,10-15,17H,3-5,9,16H2,1-2H3,(H,28,29,30,31). The van der Waals surface area contributed by atoms with Crippen molar-refractivity contribution in [1.82, 2.24) is 44.3 Å². The Morgan fingerprint density at radius 2 is 1.86 bits per heavy atom. The SMILES string of the molecule is CCCCc1cn(-c2nccn2CC)c(=O)n1Cc1cc(-c2cccc(-c3nnn[nH]3)c2)ccn1. The van der Waals surface area contributed by atoms with Gasteiger partial charge in [-0.25, -0.2) is 19.4 Å². The minimum atomic E-state index is -0.107. The molecule has 1 N–H and O–H groups in total. The molecule has 5 rings (SSSR count). The lowest BCUT2D eigenvalue weighted by Gasteiger charge is -2.09. The summed E-state index contributed by atoms with van der Waals surface area (Å²) in [6.45, 7) is 5.31. The topological polar surface area (TPSA) is 112 Å². The highest BCUT2D eigenvalue weighted by molar-refractivity contribution is 5.70. The fraction of sp³-hybridized carbons (Fsp3) is 0.280. The van der Waals surface area contributed by atoms with Gasteiger partial charge in [0.1, 0.15) is 0 Å². The van der Waals surface area contributed by atoms with Gasteiger partial charge in [-0.1, -0.05) is 31.5 Å². The highest BCUT2D eigenvalue weighted by Gasteiger charge is 2.16. The number of hydrogen-bond acceptors (Lipinski definition) is 6. The molecule has 4 aromatic heterocycles. The van der Waals surface area contributed by atoms with Crippen molar-refractivity contribution in [1.29, 1.82) is 0 Å². The van der Waals surface area contributed by atoms with Crippen LogP contribution in [0.4, 0.5) is 0 Å². The van der Waals surface area contributed by atoms with Crippen LogP contribution in [0.5, 0.6) is 0 Å². The maximum Gasteiger partial charge on any atom is 0.335 e. The monoisotopic (exact) mass is 469 g/mol. The van der Waals surface area contributed by atoms with Crippen molar-refractivity contribution in [3.05, 3.63) is 83.1 Å². The Kier molecular flexibility index (Phi) is 6.34. The molecule has 10 nitrogen and oxygen atoms in total. The first kappa shape index (κ1) is 22.5. The van der Waals surface area contributed by atoms with Crippen molar-refractivity contribution in [2.24, 2.45) is 0 Å². The summed E-state index contributed by atoms with van der Waals surface area (Å²) in [5, 5.41) is 14.1. The molecule has 0 saturated heterocycles. The first-order valence-corrected chi connectivity index (χ1v) is 11.8. The van der Waals surface area contributed by atoms with E-state index in [4.69, 9.17) is 0 Å². The lowest BCUT2D eigenvalue weighted by Crippen LogP contribution is -2.26. The quantitative estimate of drug-likeness (QED) is 0.354. The molecular weight excluding hydrogens is 442 g/mol. The van der Waals surface area contributed by atoms with Crippen LogP contribution in [-0.2, 0) is 19.5 Å². The number of benzene rings is 1. The second kappa shape index (κ2) is 9.88. The van der Waals surface area contributed by atoms with Crippen molar-refractivity contribution in [3.63, 3.8) is 0 Å². The van der Waals surface area contributed by atoms with Crippen LogP contribution in [0.15, 0.2) is 66.0 Å². The number of pyridine rings is 1. The van der Waals surface area contributed by atoms with Gasteiger partial charge in [0.25, 0.3) is 0 Å². The number of aryl methyl sites for hydroxylation is 2. The van der Waals surface area contributed by atoms with Gasteiger partial charge in [-0.05, 0) is 59.5 Å². The molecule has 35 heavy (non-hydrogen) atoms. The number of aromatic amines is 1. The maximum absolute atomic E-state index is 13.5. The normalized spacial score (nSPS) is 11.3. The molecule has 0 aliphatic heterocycles. The van der Waals surface area contributed by atoms with E-state index in [1.807, 2.05) is 64.8 Å². The van der Waals surface area contributed by atoms with Crippen LogP contribution in [0.25, 0.3) is 28.5 Å². The molecule has 0 amide bonds. The van der Waals surface area contributed by atoms with Gasteiger partial charge in [0, 0.05) is 42.6 Å². The number of imidazole rings is 2. The second-order valence-corrected chi connectivity index (χ2v) is 8.34. The summed E-state index contributed by atoms with van der Waals surface area (Å²) in [5.41, 5.74) is 4.61. The Labute approximate surface area is 202 Å². The first-order chi connectivity index (χ1) is 17.2. The molecule has 0 atom stereocenters. The predicted octanol–water partition coefficient (Wildman–Crippen LogP) is 3.49. The number of unbranched alkanes of at least 4 members (excludes halogenated alkanes) is 1. The third-order valence-corrected chi connectivity index (χ3v) is 6.05. The summed E-state index contributed by atoms with van der Waals surface area (Å²) >= 11 is 0. The molecule has 0 bridgehead atoms. The maximum atomic E-state index is 13.5. The van der Waals surface area contributed by atoms with Gasteiger partial charge in [0.15, 0.2) is 5.82 Å². The number of rotatable bonds is 9. The van der Waals surface area contributed by atoms with E-state index in [9.17, 15) is 4.79 Å². The molecule has 4 heterocycles. The number of nitrogens with one attached hydrogen (secondary N) is 1. The first-order valence-electron chi connectivity index (χ1n) is 11.8. The van der Waals surface area contributed by atoms with E-state index in [-0.39, 0.29) is 5.69 Å². The summed E-state index contributed by atoms with van der Waals surface area (Å²) in [4.78, 5) is 22.5. The fourth-order valence-electron chi connectivity index (χ4n) is 4.20. The van der Waals surface area contributed by atoms with Crippen LogP contribution in [0.2, 0.25) is 0 Å². The van der Waals surface area contributed by atoms with Crippen LogP contribution in [-0.4, -0.2) is 44.3 Å². The molecule has 5 aromatic rings. The molecule has 10 heteroatoms. The predicted molar refractivity (Wildman–Crippen MR) is 132 cm³/mol. The van der Waals surface area contributed by atoms with Crippen LogP contribution >= 0.6 is 0 Å². The molecule has 0 spiro atoms. The van der Waals surface area contributed by atoms with Crippen LogP contribution in [0, 0.1) is 0 Å². The summed E-state index contributed by atoms with van der Waals surface area (Å²) < 4.78 is 5.42. The highest BCUT2D eigenvalue weighted by Crippen LogP contribution is 2.24. The van der Waals surface area contributed by atoms with E-state index in [0.29, 0.717) is 18.3 Å². The third-order valence-electron chi connectivity index (χ3n) is 6.05. The van der Waals surface area contributed by atoms with Gasteiger partial charge in [0.05, 0.1) is 12.2 Å². The molecular formula is C25H27N9O. The number of tetrazole rings is 1. The smallest absolute Gasteiger partial charge is 0.317 e. The molecule has 0 aliphatic carbocycles. The Bertz CT molecular complexity index is 1480. The Balaban J connectivity index is 1.49. The van der Waals surface area contributed by atoms with E-state index in [1.54, 1.807) is 17.0 Å². The van der Waals surface area contributed by atoms with Crippen molar-refractivity contribution in [2.75, 3.05) is 0 Å². The van der Waals surface area contributed by atoms with Gasteiger partial charge in [0.2, 0.25) is 5.95 Å². The zero-order valence-electron chi connectivity index (χ0n) is 19.8. The average molecular weight is 470 g/mol. The van der Waals surface area contributed by atoms with E-state index in [2.05, 4.69) is 37.5 Å². The van der Waals surface area contributed by atoms with Crippen molar-refractivity contribution in [2.45, 2.75) is 46.2 Å². The van der Waals surface area contributed by atoms with Gasteiger partial charge in [-0.15, -0.1) is 5.10 Å². The summed E-state index contributed by atoms with van der Waals surface area (Å²) in [6.07, 6.45) is 10.2. The Morgan fingerprint density at radius 3 is 2.66 bits per heavy atom. The zero-order valence-corrected chi connectivity index (χ0v) is 19.8. The third kappa shape index (κ3) is 4.54. The largest absolute Gasteiger partial charge is 0.335 e. The summed E-state index contributed by atoms with van der Waals surface area (Å²) in [6, 6.07) is 12.0. The van der Waals surface area contributed by atoms with E-state index in [0.717, 1.165) is 53.9 Å². The number of H-pyrrole nitrogens is 1. The van der Waals surface area contributed by atoms with Gasteiger partial charge >= 0.3 is 5.69 Å². The number of aromatic nitrogens is 9. The average Bonchev–Trinajstić information content (AvgIpc) is 3.65. The van der Waals surface area contributed by atoms with Crippen LogP contribution in [0.1, 0.15) is 38.1 Å². The minimum absolute atomic E-state index is 0.107. The molecule has 0 radical (unpaired) electrons. The highest BCUT2D eigenvalue weighted by atomic mass is 16.1. The van der Waals surface area contributed by atoms with E-state index < -0.39 is 0 Å². The van der Waals surface area contributed by atoms with Crippen molar-refractivity contribution in [3.8, 4) is 28.5 Å². The van der Waals surface area contributed by atoms with Gasteiger partial charge in [-0.2, -0.15) is 0 Å². The number of hydrogen-bond donors (Lipinski definition) is 1. The molecule has 1 aromatic carbocycles. The van der Waals surface area contributed by atoms with Gasteiger partial charge in [-0.3, -0.25) is 9.55 Å². The number of nitrogens with zero attached hydrogens (tertiary/aromatic N) is 8. The van der Waals surface area contributed by atoms with Crippen LogP contribution in [0.3, 0.4) is 0 Å². The molecule has 0 saturated carbocycles. The molecule has 0 aliphatic rings. The lowest BCUT2D eigenvalue weighted by molar-refractivity contribution is 0.653. The van der Waals surface area contributed by atoms with E-state index >= 15 is 0 Å². The van der Waals surface area contributed by atoms with Crippen molar-refractivity contribution < 1.29 is 0 Å².